The lowest BCUT2D eigenvalue weighted by molar-refractivity contribution is -0.141. The minimum Gasteiger partial charge on any atom is -0.480 e. The predicted molar refractivity (Wildman–Crippen MR) is 58.4 cm³/mol. The Morgan fingerprint density at radius 3 is 2.69 bits per heavy atom. The standard InChI is InChI=1S/C10H11ClN2O3/c1-6(10(15)16)13(2)9(14)7-3-4-12-5-8(7)11/h3-6H,1-2H3,(H,15,16). The fourth-order valence-electron chi connectivity index (χ4n) is 1.08. The first-order valence-corrected chi connectivity index (χ1v) is 4.92. The largest absolute Gasteiger partial charge is 0.480 e. The van der Waals surface area contributed by atoms with Crippen LogP contribution >= 0.6 is 11.6 Å². The number of carbonyl (C=O) groups is 2. The quantitative estimate of drug-likeness (QED) is 0.867. The molecule has 1 atom stereocenters. The minimum absolute atomic E-state index is 0.205. The Hall–Kier alpha value is -1.62. The maximum atomic E-state index is 11.9. The van der Waals surface area contributed by atoms with Crippen molar-refractivity contribution in [3.8, 4) is 0 Å². The van der Waals surface area contributed by atoms with E-state index in [1.807, 2.05) is 0 Å². The summed E-state index contributed by atoms with van der Waals surface area (Å²) in [5, 5.41) is 8.98. The summed E-state index contributed by atoms with van der Waals surface area (Å²) in [6.45, 7) is 1.43. The normalized spacial score (nSPS) is 11.9. The van der Waals surface area contributed by atoms with Crippen LogP contribution in [0.2, 0.25) is 5.02 Å². The van der Waals surface area contributed by atoms with E-state index in [1.165, 1.54) is 32.4 Å². The number of rotatable bonds is 3. The molecular formula is C10H11ClN2O3. The zero-order valence-corrected chi connectivity index (χ0v) is 9.60. The Kier molecular flexibility index (Phi) is 3.84. The highest BCUT2D eigenvalue weighted by molar-refractivity contribution is 6.33. The highest BCUT2D eigenvalue weighted by atomic mass is 35.5. The van der Waals surface area contributed by atoms with E-state index in [0.717, 1.165) is 4.90 Å². The zero-order chi connectivity index (χ0) is 12.3. The molecule has 0 aliphatic carbocycles. The highest BCUT2D eigenvalue weighted by Crippen LogP contribution is 2.16. The van der Waals surface area contributed by atoms with Gasteiger partial charge in [0.15, 0.2) is 0 Å². The van der Waals surface area contributed by atoms with Crippen LogP contribution in [-0.4, -0.2) is 40.0 Å². The molecular weight excluding hydrogens is 232 g/mol. The van der Waals surface area contributed by atoms with E-state index in [9.17, 15) is 9.59 Å². The fraction of sp³-hybridized carbons (Fsp3) is 0.300. The van der Waals surface area contributed by atoms with Crippen LogP contribution in [0.3, 0.4) is 0 Å². The molecule has 5 nitrogen and oxygen atoms in total. The smallest absolute Gasteiger partial charge is 0.326 e. The number of carbonyl (C=O) groups excluding carboxylic acids is 1. The first-order chi connectivity index (χ1) is 7.45. The van der Waals surface area contributed by atoms with Gasteiger partial charge >= 0.3 is 5.97 Å². The summed E-state index contributed by atoms with van der Waals surface area (Å²) in [7, 11) is 1.41. The van der Waals surface area contributed by atoms with Gasteiger partial charge in [0.2, 0.25) is 0 Å². The third-order valence-electron chi connectivity index (χ3n) is 2.26. The fourth-order valence-corrected chi connectivity index (χ4v) is 1.28. The molecule has 0 radical (unpaired) electrons. The molecule has 0 aliphatic rings. The van der Waals surface area contributed by atoms with Crippen LogP contribution in [0.15, 0.2) is 18.5 Å². The molecule has 1 unspecified atom stereocenters. The molecule has 0 aromatic carbocycles. The number of pyridine rings is 1. The van der Waals surface area contributed by atoms with Crippen molar-refractivity contribution in [1.29, 1.82) is 0 Å². The molecule has 1 amide bonds. The van der Waals surface area contributed by atoms with Crippen LogP contribution < -0.4 is 0 Å². The monoisotopic (exact) mass is 242 g/mol. The van der Waals surface area contributed by atoms with E-state index in [4.69, 9.17) is 16.7 Å². The van der Waals surface area contributed by atoms with Gasteiger partial charge in [0.05, 0.1) is 10.6 Å². The zero-order valence-electron chi connectivity index (χ0n) is 8.85. The molecule has 0 bridgehead atoms. The van der Waals surface area contributed by atoms with E-state index in [1.54, 1.807) is 0 Å². The lowest BCUT2D eigenvalue weighted by Crippen LogP contribution is -2.40. The first-order valence-electron chi connectivity index (χ1n) is 4.54. The van der Waals surface area contributed by atoms with Gasteiger partial charge in [-0.1, -0.05) is 11.6 Å². The molecule has 0 spiro atoms. The van der Waals surface area contributed by atoms with Gasteiger partial charge in [-0.05, 0) is 13.0 Å². The Balaban J connectivity index is 2.95. The topological polar surface area (TPSA) is 70.5 Å². The predicted octanol–water partition coefficient (Wildman–Crippen LogP) is 1.28. The summed E-state index contributed by atoms with van der Waals surface area (Å²) < 4.78 is 0. The van der Waals surface area contributed by atoms with Gasteiger partial charge in [-0.3, -0.25) is 9.78 Å². The Bertz CT molecular complexity index is 422. The number of carboxylic acid groups (broad SMARTS) is 1. The van der Waals surface area contributed by atoms with E-state index in [0.29, 0.717) is 0 Å². The van der Waals surface area contributed by atoms with Gasteiger partial charge in [-0.25, -0.2) is 4.79 Å². The van der Waals surface area contributed by atoms with Crippen molar-refractivity contribution in [2.75, 3.05) is 7.05 Å². The number of aromatic nitrogens is 1. The third kappa shape index (κ3) is 2.49. The SMILES string of the molecule is CC(C(=O)O)N(C)C(=O)c1ccncc1Cl. The summed E-state index contributed by atoms with van der Waals surface area (Å²) in [5.41, 5.74) is 0.243. The molecule has 1 rings (SSSR count). The lowest BCUT2D eigenvalue weighted by Gasteiger charge is -2.21. The number of likely N-dealkylation sites (N-methyl/N-ethyl adjacent to an activating group) is 1. The summed E-state index contributed by atoms with van der Waals surface area (Å²) in [4.78, 5) is 27.4. The second-order valence-corrected chi connectivity index (χ2v) is 3.69. The first kappa shape index (κ1) is 12.4. The van der Waals surface area contributed by atoms with Crippen molar-refractivity contribution in [2.24, 2.45) is 0 Å². The van der Waals surface area contributed by atoms with E-state index < -0.39 is 17.9 Å². The van der Waals surface area contributed by atoms with Crippen LogP contribution in [0.4, 0.5) is 0 Å². The average molecular weight is 243 g/mol. The number of hydrogen-bond acceptors (Lipinski definition) is 3. The van der Waals surface area contributed by atoms with Gasteiger partial charge in [0.1, 0.15) is 6.04 Å². The molecule has 0 fully saturated rings. The summed E-state index contributed by atoms with van der Waals surface area (Å²) in [6, 6.07) is 0.548. The maximum absolute atomic E-state index is 11.9. The van der Waals surface area contributed by atoms with Gasteiger partial charge in [-0.2, -0.15) is 0 Å². The van der Waals surface area contributed by atoms with Crippen molar-refractivity contribution in [2.45, 2.75) is 13.0 Å². The van der Waals surface area contributed by atoms with Crippen molar-refractivity contribution < 1.29 is 14.7 Å². The lowest BCUT2D eigenvalue weighted by atomic mass is 10.2. The van der Waals surface area contributed by atoms with E-state index in [2.05, 4.69) is 4.98 Å². The van der Waals surface area contributed by atoms with E-state index >= 15 is 0 Å². The van der Waals surface area contributed by atoms with Crippen LogP contribution in [-0.2, 0) is 4.79 Å². The number of halogens is 1. The van der Waals surface area contributed by atoms with Crippen molar-refractivity contribution >= 4 is 23.5 Å². The second-order valence-electron chi connectivity index (χ2n) is 3.29. The molecule has 1 heterocycles. The van der Waals surface area contributed by atoms with Crippen LogP contribution in [0.1, 0.15) is 17.3 Å². The minimum atomic E-state index is -1.07. The molecule has 1 N–H and O–H groups in total. The third-order valence-corrected chi connectivity index (χ3v) is 2.56. The van der Waals surface area contributed by atoms with E-state index in [-0.39, 0.29) is 10.6 Å². The molecule has 6 heteroatoms. The summed E-state index contributed by atoms with van der Waals surface area (Å²) in [5.74, 6) is -1.51. The molecule has 1 aromatic rings. The van der Waals surface area contributed by atoms with Crippen molar-refractivity contribution in [3.63, 3.8) is 0 Å². The molecule has 16 heavy (non-hydrogen) atoms. The molecule has 0 saturated heterocycles. The number of aliphatic carboxylic acids is 1. The van der Waals surface area contributed by atoms with Crippen molar-refractivity contribution in [1.82, 2.24) is 9.88 Å². The molecule has 86 valence electrons. The van der Waals surface area contributed by atoms with Gasteiger partial charge in [0, 0.05) is 19.4 Å². The average Bonchev–Trinajstić information content (AvgIpc) is 2.26. The molecule has 0 saturated carbocycles. The molecule has 0 aliphatic heterocycles. The Morgan fingerprint density at radius 1 is 1.56 bits per heavy atom. The Morgan fingerprint density at radius 2 is 2.19 bits per heavy atom. The number of amides is 1. The summed E-state index contributed by atoms with van der Waals surface area (Å²) in [6.07, 6.45) is 2.77. The van der Waals surface area contributed by atoms with Crippen LogP contribution in [0.5, 0.6) is 0 Å². The number of nitrogens with zero attached hydrogens (tertiary/aromatic N) is 2. The number of hydrogen-bond donors (Lipinski definition) is 1. The second kappa shape index (κ2) is 4.94. The number of carboxylic acids is 1. The highest BCUT2D eigenvalue weighted by Gasteiger charge is 2.23. The van der Waals surface area contributed by atoms with Crippen LogP contribution in [0, 0.1) is 0 Å². The molecule has 1 aromatic heterocycles. The van der Waals surface area contributed by atoms with Crippen molar-refractivity contribution in [3.05, 3.63) is 29.0 Å². The summed E-state index contributed by atoms with van der Waals surface area (Å²) >= 11 is 5.79. The Labute approximate surface area is 97.7 Å². The maximum Gasteiger partial charge on any atom is 0.326 e. The van der Waals surface area contributed by atoms with Gasteiger partial charge in [0.25, 0.3) is 5.91 Å². The van der Waals surface area contributed by atoms with Gasteiger partial charge < -0.3 is 10.0 Å². The van der Waals surface area contributed by atoms with Crippen LogP contribution in [0.25, 0.3) is 0 Å². The van der Waals surface area contributed by atoms with Gasteiger partial charge in [-0.15, -0.1) is 0 Å².